The van der Waals surface area contributed by atoms with Gasteiger partial charge in [-0.2, -0.15) is 4.98 Å². The average Bonchev–Trinajstić information content (AvgIpc) is 3.26. The van der Waals surface area contributed by atoms with Gasteiger partial charge in [-0.1, -0.05) is 13.3 Å². The van der Waals surface area contributed by atoms with E-state index >= 15 is 0 Å². The number of aromatic nitrogens is 3. The van der Waals surface area contributed by atoms with E-state index in [1.54, 1.807) is 6.33 Å². The van der Waals surface area contributed by atoms with Gasteiger partial charge in [0, 0.05) is 32.6 Å². The first kappa shape index (κ1) is 17.0. The molecule has 3 fully saturated rings. The van der Waals surface area contributed by atoms with Crippen molar-refractivity contribution < 1.29 is 9.21 Å². The van der Waals surface area contributed by atoms with Crippen LogP contribution in [0.15, 0.2) is 10.7 Å². The molecule has 1 atom stereocenters. The summed E-state index contributed by atoms with van der Waals surface area (Å²) in [6.45, 7) is 5.47. The van der Waals surface area contributed by atoms with Gasteiger partial charge in [-0.25, -0.2) is 9.97 Å². The van der Waals surface area contributed by atoms with Crippen molar-refractivity contribution in [3.8, 4) is 0 Å². The van der Waals surface area contributed by atoms with Crippen LogP contribution in [0.3, 0.4) is 0 Å². The molecule has 7 heteroatoms. The number of carbonyl (C=O) groups is 1. The van der Waals surface area contributed by atoms with Gasteiger partial charge in [-0.15, -0.1) is 0 Å². The third-order valence-electron chi connectivity index (χ3n) is 6.70. The van der Waals surface area contributed by atoms with Crippen molar-refractivity contribution in [2.75, 3.05) is 31.1 Å². The molecule has 2 aliphatic heterocycles. The van der Waals surface area contributed by atoms with Crippen molar-refractivity contribution in [2.24, 2.45) is 11.3 Å². The summed E-state index contributed by atoms with van der Waals surface area (Å²) in [6, 6.07) is 0. The molecule has 2 aromatic heterocycles. The molecule has 2 aromatic rings. The topological polar surface area (TPSA) is 75.4 Å². The molecule has 4 heterocycles. The monoisotopic (exact) mass is 369 g/mol. The minimum absolute atomic E-state index is 0.253. The molecular formula is C20H27N5O2. The predicted octanol–water partition coefficient (Wildman–Crippen LogP) is 2.80. The summed E-state index contributed by atoms with van der Waals surface area (Å²) < 4.78 is 5.69. The van der Waals surface area contributed by atoms with Crippen LogP contribution in [-0.4, -0.2) is 51.9 Å². The number of hydrogen-bond donors (Lipinski definition) is 0. The van der Waals surface area contributed by atoms with E-state index in [1.165, 1.54) is 19.3 Å². The predicted molar refractivity (Wildman–Crippen MR) is 101 cm³/mol. The standard InChI is InChI=1S/C20H27N5O2/c1-2-15-23-16-17(21-13-22-18(16)27-15)25-10-8-20(12-25)7-4-9-24(19(20)26)11-14-5-3-6-14/h13-14H,2-12H2,1H3/t20-/m0/s1. The number of aryl methyl sites for hydroxylation is 1. The van der Waals surface area contributed by atoms with Crippen LogP contribution in [-0.2, 0) is 11.2 Å². The highest BCUT2D eigenvalue weighted by Gasteiger charge is 2.49. The first-order valence-electron chi connectivity index (χ1n) is 10.3. The minimum Gasteiger partial charge on any atom is -0.422 e. The summed E-state index contributed by atoms with van der Waals surface area (Å²) >= 11 is 0. The molecule has 3 aliphatic rings. The smallest absolute Gasteiger partial charge is 0.252 e. The van der Waals surface area contributed by atoms with Crippen molar-refractivity contribution in [2.45, 2.75) is 51.9 Å². The lowest BCUT2D eigenvalue weighted by Crippen LogP contribution is -2.51. The lowest BCUT2D eigenvalue weighted by molar-refractivity contribution is -0.146. The van der Waals surface area contributed by atoms with Crippen LogP contribution >= 0.6 is 0 Å². The van der Waals surface area contributed by atoms with E-state index < -0.39 is 0 Å². The van der Waals surface area contributed by atoms with Gasteiger partial charge in [0.05, 0.1) is 5.41 Å². The van der Waals surface area contributed by atoms with E-state index in [2.05, 4.69) is 24.8 Å². The molecule has 27 heavy (non-hydrogen) atoms. The average molecular weight is 369 g/mol. The zero-order chi connectivity index (χ0) is 18.4. The molecule has 7 nitrogen and oxygen atoms in total. The zero-order valence-corrected chi connectivity index (χ0v) is 16.0. The molecule has 0 radical (unpaired) electrons. The number of amides is 1. The van der Waals surface area contributed by atoms with Crippen LogP contribution in [0.4, 0.5) is 5.82 Å². The Kier molecular flexibility index (Phi) is 4.06. The Labute approximate surface area is 159 Å². The van der Waals surface area contributed by atoms with Crippen LogP contribution in [0, 0.1) is 11.3 Å². The lowest BCUT2D eigenvalue weighted by atomic mass is 9.77. The van der Waals surface area contributed by atoms with E-state index in [4.69, 9.17) is 4.42 Å². The number of piperidine rings is 1. The third-order valence-corrected chi connectivity index (χ3v) is 6.70. The van der Waals surface area contributed by atoms with Crippen molar-refractivity contribution in [3.63, 3.8) is 0 Å². The Morgan fingerprint density at radius 2 is 2.11 bits per heavy atom. The van der Waals surface area contributed by atoms with E-state index in [0.717, 1.165) is 69.1 Å². The molecule has 1 amide bonds. The van der Waals surface area contributed by atoms with Gasteiger partial charge in [0.2, 0.25) is 5.91 Å². The summed E-state index contributed by atoms with van der Waals surface area (Å²) in [7, 11) is 0. The number of likely N-dealkylation sites (tertiary alicyclic amines) is 1. The van der Waals surface area contributed by atoms with Crippen molar-refractivity contribution in [1.82, 2.24) is 19.9 Å². The molecule has 0 bridgehead atoms. The largest absolute Gasteiger partial charge is 0.422 e. The normalized spacial score (nSPS) is 26.3. The molecule has 2 saturated heterocycles. The number of rotatable bonds is 4. The van der Waals surface area contributed by atoms with Gasteiger partial charge >= 0.3 is 0 Å². The summed E-state index contributed by atoms with van der Waals surface area (Å²) in [4.78, 5) is 31.0. The number of carbonyl (C=O) groups excluding carboxylic acids is 1. The third kappa shape index (κ3) is 2.78. The Hall–Kier alpha value is -2.18. The lowest BCUT2D eigenvalue weighted by Gasteiger charge is -2.42. The maximum absolute atomic E-state index is 13.3. The van der Waals surface area contributed by atoms with Crippen molar-refractivity contribution in [1.29, 1.82) is 0 Å². The van der Waals surface area contributed by atoms with Gasteiger partial charge in [-0.05, 0) is 38.0 Å². The number of fused-ring (bicyclic) bond motifs is 1. The Bertz CT molecular complexity index is 861. The van der Waals surface area contributed by atoms with Crippen LogP contribution in [0.5, 0.6) is 0 Å². The summed E-state index contributed by atoms with van der Waals surface area (Å²) in [5.74, 6) is 2.58. The van der Waals surface area contributed by atoms with Gasteiger partial charge in [-0.3, -0.25) is 4.79 Å². The zero-order valence-electron chi connectivity index (χ0n) is 16.0. The van der Waals surface area contributed by atoms with E-state index in [1.807, 2.05) is 6.92 Å². The van der Waals surface area contributed by atoms with Gasteiger partial charge in [0.1, 0.15) is 6.33 Å². The number of nitrogens with zero attached hydrogens (tertiary/aromatic N) is 5. The molecule has 1 spiro atoms. The number of hydrogen-bond acceptors (Lipinski definition) is 6. The van der Waals surface area contributed by atoms with E-state index in [-0.39, 0.29) is 5.41 Å². The van der Waals surface area contributed by atoms with Crippen molar-refractivity contribution >= 4 is 23.0 Å². The number of oxazole rings is 1. The SMILES string of the molecule is CCc1nc2c(N3CC[C@@]4(CCCN(CC5CCC5)C4=O)C3)ncnc2o1. The second kappa shape index (κ2) is 6.46. The second-order valence-electron chi connectivity index (χ2n) is 8.42. The van der Waals surface area contributed by atoms with E-state index in [0.29, 0.717) is 17.5 Å². The highest BCUT2D eigenvalue weighted by Crippen LogP contribution is 2.43. The van der Waals surface area contributed by atoms with Gasteiger partial charge in [0.15, 0.2) is 17.2 Å². The first-order valence-corrected chi connectivity index (χ1v) is 10.3. The summed E-state index contributed by atoms with van der Waals surface area (Å²) in [5, 5.41) is 0. The summed E-state index contributed by atoms with van der Waals surface area (Å²) in [6.07, 6.45) is 9.16. The summed E-state index contributed by atoms with van der Waals surface area (Å²) in [5.41, 5.74) is 1.01. The number of anilines is 1. The molecule has 0 unspecified atom stereocenters. The Balaban J connectivity index is 1.39. The fourth-order valence-corrected chi connectivity index (χ4v) is 4.91. The van der Waals surface area contributed by atoms with E-state index in [9.17, 15) is 4.79 Å². The van der Waals surface area contributed by atoms with Crippen LogP contribution < -0.4 is 4.90 Å². The Morgan fingerprint density at radius 1 is 1.22 bits per heavy atom. The molecule has 144 valence electrons. The maximum Gasteiger partial charge on any atom is 0.252 e. The van der Waals surface area contributed by atoms with Crippen LogP contribution in [0.25, 0.3) is 11.2 Å². The van der Waals surface area contributed by atoms with Gasteiger partial charge < -0.3 is 14.2 Å². The fraction of sp³-hybridized carbons (Fsp3) is 0.700. The second-order valence-corrected chi connectivity index (χ2v) is 8.42. The first-order chi connectivity index (χ1) is 13.2. The molecular weight excluding hydrogens is 342 g/mol. The van der Waals surface area contributed by atoms with Gasteiger partial charge in [0.25, 0.3) is 5.71 Å². The molecule has 1 saturated carbocycles. The minimum atomic E-state index is -0.253. The quantitative estimate of drug-likeness (QED) is 0.825. The molecule has 0 aromatic carbocycles. The molecule has 1 aliphatic carbocycles. The maximum atomic E-state index is 13.3. The van der Waals surface area contributed by atoms with Crippen molar-refractivity contribution in [3.05, 3.63) is 12.2 Å². The van der Waals surface area contributed by atoms with Crippen LogP contribution in [0.2, 0.25) is 0 Å². The molecule has 0 N–H and O–H groups in total. The highest BCUT2D eigenvalue weighted by atomic mass is 16.4. The fourth-order valence-electron chi connectivity index (χ4n) is 4.91. The van der Waals surface area contributed by atoms with Crippen LogP contribution in [0.1, 0.15) is 51.3 Å². The highest BCUT2D eigenvalue weighted by molar-refractivity contribution is 5.87. The molecule has 5 rings (SSSR count). The Morgan fingerprint density at radius 3 is 2.89 bits per heavy atom.